The molecule has 5 aromatic rings. The fraction of sp³-hybridized carbons (Fsp3) is 0.0476. The van der Waals surface area contributed by atoms with Crippen LogP contribution in [-0.4, -0.2) is 14.8 Å². The minimum Gasteiger partial charge on any atom is -0.227 e. The number of rotatable bonds is 1. The standard InChI is InChI=1S/C21H12F3N3/c22-21(23,24)19-17-12-14-11-10-13-6-4-5-9-16(13)18(14)25-20(17)27(26-19)15-7-2-1-3-8-15/h1-12H. The molecule has 0 amide bonds. The molecule has 0 spiro atoms. The molecule has 0 saturated heterocycles. The van der Waals surface area contributed by atoms with E-state index in [1.165, 1.54) is 10.7 Å². The average molecular weight is 363 g/mol. The Morgan fingerprint density at radius 3 is 2.22 bits per heavy atom. The van der Waals surface area contributed by atoms with Crippen molar-refractivity contribution >= 4 is 32.7 Å². The van der Waals surface area contributed by atoms with Crippen LogP contribution in [0, 0.1) is 0 Å². The van der Waals surface area contributed by atoms with Crippen molar-refractivity contribution in [3.63, 3.8) is 0 Å². The van der Waals surface area contributed by atoms with Gasteiger partial charge in [-0.2, -0.15) is 18.3 Å². The van der Waals surface area contributed by atoms with E-state index in [2.05, 4.69) is 10.1 Å². The number of para-hydroxylation sites is 1. The van der Waals surface area contributed by atoms with Crippen LogP contribution >= 0.6 is 0 Å². The van der Waals surface area contributed by atoms with E-state index in [1.54, 1.807) is 36.4 Å². The van der Waals surface area contributed by atoms with Crippen molar-refractivity contribution in [1.82, 2.24) is 14.8 Å². The van der Waals surface area contributed by atoms with Gasteiger partial charge in [-0.1, -0.05) is 54.6 Å². The molecule has 0 fully saturated rings. The van der Waals surface area contributed by atoms with Gasteiger partial charge in [0.1, 0.15) is 0 Å². The highest BCUT2D eigenvalue weighted by Crippen LogP contribution is 2.36. The van der Waals surface area contributed by atoms with Gasteiger partial charge in [-0.05, 0) is 23.6 Å². The first-order chi connectivity index (χ1) is 13.0. The molecule has 5 rings (SSSR count). The molecule has 3 aromatic carbocycles. The van der Waals surface area contributed by atoms with Crippen molar-refractivity contribution in [2.45, 2.75) is 6.18 Å². The number of hydrogen-bond acceptors (Lipinski definition) is 2. The zero-order valence-corrected chi connectivity index (χ0v) is 13.9. The van der Waals surface area contributed by atoms with Crippen molar-refractivity contribution < 1.29 is 13.2 Å². The van der Waals surface area contributed by atoms with Crippen LogP contribution in [-0.2, 0) is 6.18 Å². The highest BCUT2D eigenvalue weighted by atomic mass is 19.4. The van der Waals surface area contributed by atoms with Crippen LogP contribution in [0.1, 0.15) is 5.69 Å². The van der Waals surface area contributed by atoms with E-state index in [0.29, 0.717) is 16.6 Å². The maximum atomic E-state index is 13.6. The van der Waals surface area contributed by atoms with Crippen LogP contribution in [0.15, 0.2) is 72.8 Å². The van der Waals surface area contributed by atoms with Crippen LogP contribution in [0.25, 0.3) is 38.4 Å². The van der Waals surface area contributed by atoms with Gasteiger partial charge in [-0.3, -0.25) is 0 Å². The average Bonchev–Trinajstić information content (AvgIpc) is 3.06. The quantitative estimate of drug-likeness (QED) is 0.355. The Bertz CT molecular complexity index is 1300. The summed E-state index contributed by atoms with van der Waals surface area (Å²) in [5, 5.41) is 6.39. The molecule has 132 valence electrons. The lowest BCUT2D eigenvalue weighted by Gasteiger charge is -2.06. The summed E-state index contributed by atoms with van der Waals surface area (Å²) < 4.78 is 42.1. The van der Waals surface area contributed by atoms with Gasteiger partial charge in [0.15, 0.2) is 11.3 Å². The van der Waals surface area contributed by atoms with Gasteiger partial charge in [0.25, 0.3) is 0 Å². The zero-order valence-electron chi connectivity index (χ0n) is 13.9. The zero-order chi connectivity index (χ0) is 18.6. The van der Waals surface area contributed by atoms with E-state index in [0.717, 1.165) is 10.8 Å². The summed E-state index contributed by atoms with van der Waals surface area (Å²) in [6.07, 6.45) is -4.56. The lowest BCUT2D eigenvalue weighted by molar-refractivity contribution is -0.140. The fourth-order valence-electron chi connectivity index (χ4n) is 3.39. The SMILES string of the molecule is FC(F)(F)c1nn(-c2ccccc2)c2nc3c(ccc4ccccc43)cc12. The molecule has 27 heavy (non-hydrogen) atoms. The molecule has 2 heterocycles. The van der Waals surface area contributed by atoms with Gasteiger partial charge in [0.05, 0.1) is 16.6 Å². The van der Waals surface area contributed by atoms with Crippen molar-refractivity contribution in [3.8, 4) is 5.69 Å². The predicted octanol–water partition coefficient (Wildman–Crippen LogP) is 5.75. The van der Waals surface area contributed by atoms with Gasteiger partial charge in [0.2, 0.25) is 0 Å². The number of hydrogen-bond donors (Lipinski definition) is 0. The second-order valence-electron chi connectivity index (χ2n) is 6.31. The van der Waals surface area contributed by atoms with Crippen LogP contribution < -0.4 is 0 Å². The molecule has 6 heteroatoms. The van der Waals surface area contributed by atoms with Crippen molar-refractivity contribution in [3.05, 3.63) is 78.5 Å². The van der Waals surface area contributed by atoms with Gasteiger partial charge >= 0.3 is 6.18 Å². The number of aromatic nitrogens is 3. The van der Waals surface area contributed by atoms with Crippen molar-refractivity contribution in [2.75, 3.05) is 0 Å². The molecule has 0 aliphatic carbocycles. The van der Waals surface area contributed by atoms with Gasteiger partial charge in [-0.15, -0.1) is 0 Å². The maximum Gasteiger partial charge on any atom is 0.435 e. The normalized spacial score (nSPS) is 12.3. The van der Waals surface area contributed by atoms with Crippen molar-refractivity contribution in [2.24, 2.45) is 0 Å². The second kappa shape index (κ2) is 5.54. The molecule has 0 aliphatic rings. The predicted molar refractivity (Wildman–Crippen MR) is 98.9 cm³/mol. The summed E-state index contributed by atoms with van der Waals surface area (Å²) >= 11 is 0. The molecule has 0 unspecified atom stereocenters. The Morgan fingerprint density at radius 2 is 1.44 bits per heavy atom. The summed E-state index contributed by atoms with van der Waals surface area (Å²) in [6.45, 7) is 0. The number of alkyl halides is 3. The number of pyridine rings is 1. The Balaban J connectivity index is 1.94. The van der Waals surface area contributed by atoms with E-state index in [1.807, 2.05) is 30.3 Å². The third-order valence-electron chi connectivity index (χ3n) is 4.62. The van der Waals surface area contributed by atoms with Crippen molar-refractivity contribution in [1.29, 1.82) is 0 Å². The van der Waals surface area contributed by atoms with E-state index in [9.17, 15) is 13.2 Å². The summed E-state index contributed by atoms with van der Waals surface area (Å²) in [4.78, 5) is 4.62. The van der Waals surface area contributed by atoms with E-state index in [-0.39, 0.29) is 11.0 Å². The molecular weight excluding hydrogens is 351 g/mol. The Morgan fingerprint density at radius 1 is 0.741 bits per heavy atom. The van der Waals surface area contributed by atoms with Crippen LogP contribution in [0.3, 0.4) is 0 Å². The Hall–Kier alpha value is -3.41. The number of benzene rings is 3. The summed E-state index contributed by atoms with van der Waals surface area (Å²) in [5.74, 6) is 0. The third kappa shape index (κ3) is 2.44. The number of halogens is 3. The first-order valence-corrected chi connectivity index (χ1v) is 8.36. The Labute approximate surface area is 151 Å². The van der Waals surface area contributed by atoms with Crippen LogP contribution in [0.4, 0.5) is 13.2 Å². The second-order valence-corrected chi connectivity index (χ2v) is 6.31. The lowest BCUT2D eigenvalue weighted by Crippen LogP contribution is -2.07. The van der Waals surface area contributed by atoms with E-state index in [4.69, 9.17) is 0 Å². The monoisotopic (exact) mass is 363 g/mol. The molecule has 0 saturated carbocycles. The first kappa shape index (κ1) is 15.8. The summed E-state index contributed by atoms with van der Waals surface area (Å²) in [6, 6.07) is 21.6. The van der Waals surface area contributed by atoms with E-state index < -0.39 is 11.9 Å². The van der Waals surface area contributed by atoms with Gasteiger partial charge < -0.3 is 0 Å². The summed E-state index contributed by atoms with van der Waals surface area (Å²) in [5.41, 5.74) is 0.456. The molecular formula is C21H12F3N3. The molecule has 2 aromatic heterocycles. The highest BCUT2D eigenvalue weighted by molar-refractivity contribution is 6.08. The molecule has 0 bridgehead atoms. The van der Waals surface area contributed by atoms with E-state index >= 15 is 0 Å². The molecule has 0 aliphatic heterocycles. The number of fused-ring (bicyclic) bond motifs is 4. The third-order valence-corrected chi connectivity index (χ3v) is 4.62. The summed E-state index contributed by atoms with van der Waals surface area (Å²) in [7, 11) is 0. The lowest BCUT2D eigenvalue weighted by atomic mass is 10.1. The fourth-order valence-corrected chi connectivity index (χ4v) is 3.39. The molecule has 0 radical (unpaired) electrons. The smallest absolute Gasteiger partial charge is 0.227 e. The first-order valence-electron chi connectivity index (χ1n) is 8.36. The highest BCUT2D eigenvalue weighted by Gasteiger charge is 2.37. The largest absolute Gasteiger partial charge is 0.435 e. The molecule has 0 atom stereocenters. The topological polar surface area (TPSA) is 30.7 Å². The van der Waals surface area contributed by atoms with Gasteiger partial charge in [-0.25, -0.2) is 9.67 Å². The van der Waals surface area contributed by atoms with Gasteiger partial charge in [0, 0.05) is 10.8 Å². The minimum atomic E-state index is -4.56. The van der Waals surface area contributed by atoms with Crippen LogP contribution in [0.2, 0.25) is 0 Å². The minimum absolute atomic E-state index is 0.00543. The van der Waals surface area contributed by atoms with Crippen LogP contribution in [0.5, 0.6) is 0 Å². The number of nitrogens with zero attached hydrogens (tertiary/aromatic N) is 3. The Kier molecular flexibility index (Phi) is 3.25. The maximum absolute atomic E-state index is 13.6. The molecule has 0 N–H and O–H groups in total. The molecule has 3 nitrogen and oxygen atoms in total.